The molecule has 3 aromatic rings. The van der Waals surface area contributed by atoms with Gasteiger partial charge >= 0.3 is 5.76 Å². The molecule has 11 heteroatoms. The molecule has 0 saturated carbocycles. The van der Waals surface area contributed by atoms with Gasteiger partial charge in [-0.2, -0.15) is 4.31 Å². The molecule has 1 aliphatic rings. The first-order valence-electron chi connectivity index (χ1n) is 9.56. The number of nitrogens with zero attached hydrogens (tertiary/aromatic N) is 2. The van der Waals surface area contributed by atoms with Crippen molar-refractivity contribution < 1.29 is 22.1 Å². The Kier molecular flexibility index (Phi) is 5.70. The fraction of sp³-hybridized carbons (Fsp3) is 0.250. The van der Waals surface area contributed by atoms with Crippen molar-refractivity contribution in [3.05, 3.63) is 64.9 Å². The number of hydrogen-bond donors (Lipinski definition) is 2. The van der Waals surface area contributed by atoms with Gasteiger partial charge in [-0.15, -0.1) is 0 Å². The van der Waals surface area contributed by atoms with Gasteiger partial charge in [0, 0.05) is 30.3 Å². The number of halogens is 1. The summed E-state index contributed by atoms with van der Waals surface area (Å²) in [7, 11) is -3.73. The summed E-state index contributed by atoms with van der Waals surface area (Å²) in [6, 6.07) is 11.5. The molecule has 162 valence electrons. The minimum Gasteiger partial charge on any atom is -0.326 e. The maximum Gasteiger partial charge on any atom is 0.439 e. The average Bonchev–Trinajstić information content (AvgIpc) is 3.21. The summed E-state index contributed by atoms with van der Waals surface area (Å²) in [6.07, 6.45) is 0.727. The van der Waals surface area contributed by atoms with Crippen LogP contribution in [0.3, 0.4) is 0 Å². The minimum atomic E-state index is -3.73. The van der Waals surface area contributed by atoms with E-state index in [0.29, 0.717) is 24.1 Å². The van der Waals surface area contributed by atoms with Crippen LogP contribution in [0.25, 0.3) is 11.4 Å². The van der Waals surface area contributed by atoms with Crippen LogP contribution in [0.5, 0.6) is 0 Å². The summed E-state index contributed by atoms with van der Waals surface area (Å²) in [5, 5.41) is 6.44. The Morgan fingerprint density at radius 2 is 1.87 bits per heavy atom. The highest BCUT2D eigenvalue weighted by atomic mass is 32.2. The molecule has 31 heavy (non-hydrogen) atoms. The van der Waals surface area contributed by atoms with E-state index in [-0.39, 0.29) is 35.6 Å². The maximum absolute atomic E-state index is 13.1. The number of hydrogen-bond acceptors (Lipinski definition) is 6. The summed E-state index contributed by atoms with van der Waals surface area (Å²) in [4.78, 5) is 26.3. The Balaban J connectivity index is 1.39. The molecule has 0 radical (unpaired) electrons. The Morgan fingerprint density at radius 1 is 1.16 bits per heavy atom. The summed E-state index contributed by atoms with van der Waals surface area (Å²) in [5.41, 5.74) is 1.09. The van der Waals surface area contributed by atoms with Crippen LogP contribution in [-0.4, -0.2) is 41.9 Å². The molecule has 2 N–H and O–H groups in total. The number of H-pyrrole nitrogens is 1. The number of piperidine rings is 1. The molecule has 4 rings (SSSR count). The molecular formula is C20H19FN4O5S. The lowest BCUT2D eigenvalue weighted by atomic mass is 9.97. The molecule has 2 aromatic carbocycles. The van der Waals surface area contributed by atoms with Crippen molar-refractivity contribution in [2.24, 2.45) is 5.92 Å². The highest BCUT2D eigenvalue weighted by Gasteiger charge is 2.32. The molecular weight excluding hydrogens is 427 g/mol. The third kappa shape index (κ3) is 4.57. The number of nitrogens with one attached hydrogen (secondary N) is 2. The number of carbonyl (C=O) groups excluding carboxylic acids is 1. The second kappa shape index (κ2) is 8.44. The van der Waals surface area contributed by atoms with Crippen LogP contribution in [0.15, 0.2) is 62.7 Å². The monoisotopic (exact) mass is 446 g/mol. The Morgan fingerprint density at radius 3 is 2.52 bits per heavy atom. The van der Waals surface area contributed by atoms with Gasteiger partial charge in [0.1, 0.15) is 5.82 Å². The van der Waals surface area contributed by atoms with Crippen molar-refractivity contribution in [3.63, 3.8) is 0 Å². The number of carbonyl (C=O) groups is 1. The number of anilines is 1. The molecule has 1 fully saturated rings. The largest absolute Gasteiger partial charge is 0.439 e. The van der Waals surface area contributed by atoms with Gasteiger partial charge in [0.15, 0.2) is 5.82 Å². The van der Waals surface area contributed by atoms with E-state index in [4.69, 9.17) is 0 Å². The lowest BCUT2D eigenvalue weighted by Crippen LogP contribution is -2.41. The second-order valence-electron chi connectivity index (χ2n) is 7.15. The molecule has 0 aliphatic carbocycles. The van der Waals surface area contributed by atoms with Gasteiger partial charge in [-0.3, -0.25) is 14.3 Å². The van der Waals surface area contributed by atoms with Crippen molar-refractivity contribution in [1.29, 1.82) is 0 Å². The van der Waals surface area contributed by atoms with Crippen molar-refractivity contribution in [2.75, 3.05) is 18.4 Å². The predicted molar refractivity (Wildman–Crippen MR) is 109 cm³/mol. The fourth-order valence-corrected chi connectivity index (χ4v) is 4.93. The van der Waals surface area contributed by atoms with E-state index in [0.717, 1.165) is 12.1 Å². The number of aromatic nitrogens is 2. The van der Waals surface area contributed by atoms with Gasteiger partial charge in [0.25, 0.3) is 0 Å². The van der Waals surface area contributed by atoms with Gasteiger partial charge in [0.05, 0.1) is 4.90 Å². The van der Waals surface area contributed by atoms with Crippen LogP contribution in [0.4, 0.5) is 10.1 Å². The average molecular weight is 446 g/mol. The molecule has 1 saturated heterocycles. The first-order valence-corrected chi connectivity index (χ1v) is 11.0. The Hall–Kier alpha value is -3.31. The Labute approximate surface area is 176 Å². The zero-order valence-electron chi connectivity index (χ0n) is 16.2. The van der Waals surface area contributed by atoms with Gasteiger partial charge < -0.3 is 5.32 Å². The molecule has 0 unspecified atom stereocenters. The zero-order valence-corrected chi connectivity index (χ0v) is 17.1. The van der Waals surface area contributed by atoms with E-state index in [9.17, 15) is 22.4 Å². The quantitative estimate of drug-likeness (QED) is 0.619. The van der Waals surface area contributed by atoms with E-state index in [1.165, 1.54) is 16.4 Å². The first kappa shape index (κ1) is 20.9. The minimum absolute atomic E-state index is 0.0273. The van der Waals surface area contributed by atoms with Crippen molar-refractivity contribution in [2.45, 2.75) is 17.7 Å². The third-order valence-electron chi connectivity index (χ3n) is 5.12. The summed E-state index contributed by atoms with van der Waals surface area (Å²) in [5.74, 6) is -1.50. The predicted octanol–water partition coefficient (Wildman–Crippen LogP) is 2.21. The highest BCUT2D eigenvalue weighted by molar-refractivity contribution is 7.89. The third-order valence-corrected chi connectivity index (χ3v) is 7.03. The normalized spacial score (nSPS) is 15.6. The van der Waals surface area contributed by atoms with E-state index < -0.39 is 21.6 Å². The SMILES string of the molecule is O=C(Nc1cccc(-c2noc(=O)[nH]2)c1)C1CCN(S(=O)(=O)c2ccc(F)cc2)CC1. The lowest BCUT2D eigenvalue weighted by Gasteiger charge is -2.30. The van der Waals surface area contributed by atoms with Crippen molar-refractivity contribution in [1.82, 2.24) is 14.4 Å². The summed E-state index contributed by atoms with van der Waals surface area (Å²) < 4.78 is 44.3. The molecule has 9 nitrogen and oxygen atoms in total. The van der Waals surface area contributed by atoms with Crippen LogP contribution in [0.2, 0.25) is 0 Å². The van der Waals surface area contributed by atoms with Gasteiger partial charge in [0.2, 0.25) is 15.9 Å². The number of amides is 1. The van der Waals surface area contributed by atoms with Crippen LogP contribution < -0.4 is 11.1 Å². The number of sulfonamides is 1. The van der Waals surface area contributed by atoms with Crippen LogP contribution in [-0.2, 0) is 14.8 Å². The standard InChI is InChI=1S/C20H19FN4O5S/c21-15-4-6-17(7-5-15)31(28,29)25-10-8-13(9-11-25)19(26)22-16-3-1-2-14(12-16)18-23-20(27)30-24-18/h1-7,12-13H,8-11H2,(H,22,26)(H,23,24,27). The van der Waals surface area contributed by atoms with Crippen LogP contribution >= 0.6 is 0 Å². The molecule has 1 amide bonds. The smallest absolute Gasteiger partial charge is 0.326 e. The molecule has 0 bridgehead atoms. The zero-order chi connectivity index (χ0) is 22.0. The van der Waals surface area contributed by atoms with Crippen molar-refractivity contribution >= 4 is 21.6 Å². The number of rotatable bonds is 5. The second-order valence-corrected chi connectivity index (χ2v) is 9.08. The van der Waals surface area contributed by atoms with Gasteiger partial charge in [-0.05, 0) is 49.2 Å². The molecule has 0 atom stereocenters. The Bertz CT molecular complexity index is 1240. The molecule has 1 aliphatic heterocycles. The van der Waals surface area contributed by atoms with E-state index in [2.05, 4.69) is 20.0 Å². The molecule has 2 heterocycles. The maximum atomic E-state index is 13.1. The summed E-state index contributed by atoms with van der Waals surface area (Å²) >= 11 is 0. The number of benzene rings is 2. The van der Waals surface area contributed by atoms with Gasteiger partial charge in [-0.1, -0.05) is 17.3 Å². The fourth-order valence-electron chi connectivity index (χ4n) is 3.46. The van der Waals surface area contributed by atoms with Gasteiger partial charge in [-0.25, -0.2) is 17.6 Å². The molecule has 0 spiro atoms. The van der Waals surface area contributed by atoms with Crippen LogP contribution in [0, 0.1) is 11.7 Å². The van der Waals surface area contributed by atoms with Crippen molar-refractivity contribution in [3.8, 4) is 11.4 Å². The highest BCUT2D eigenvalue weighted by Crippen LogP contribution is 2.26. The first-order chi connectivity index (χ1) is 14.8. The van der Waals surface area contributed by atoms with E-state index in [1.54, 1.807) is 24.3 Å². The van der Waals surface area contributed by atoms with Crippen LogP contribution in [0.1, 0.15) is 12.8 Å². The van der Waals surface area contributed by atoms with E-state index >= 15 is 0 Å². The lowest BCUT2D eigenvalue weighted by molar-refractivity contribution is -0.120. The van der Waals surface area contributed by atoms with E-state index in [1.807, 2.05) is 0 Å². The summed E-state index contributed by atoms with van der Waals surface area (Å²) in [6.45, 7) is 0.385. The number of aromatic amines is 1. The topological polar surface area (TPSA) is 125 Å². The molecule has 1 aromatic heterocycles.